The van der Waals surface area contributed by atoms with Gasteiger partial charge in [0, 0.05) is 6.04 Å². The molecule has 6 heteroatoms. The van der Waals surface area contributed by atoms with Crippen molar-refractivity contribution in [1.82, 2.24) is 5.32 Å². The van der Waals surface area contributed by atoms with Gasteiger partial charge in [0.05, 0.1) is 13.5 Å². The number of hydrogen-bond donors (Lipinski definition) is 1. The summed E-state index contributed by atoms with van der Waals surface area (Å²) in [4.78, 5) is 24.4. The van der Waals surface area contributed by atoms with Crippen LogP contribution in [0.15, 0.2) is 18.2 Å². The highest BCUT2D eigenvalue weighted by Gasteiger charge is 2.53. The van der Waals surface area contributed by atoms with Crippen LogP contribution in [0.1, 0.15) is 51.0 Å². The Morgan fingerprint density at radius 3 is 2.34 bits per heavy atom. The zero-order chi connectivity index (χ0) is 20.6. The maximum atomic E-state index is 13.7. The molecule has 5 rings (SSSR count). The molecule has 1 atom stereocenters. The topological polar surface area (TPSA) is 64.6 Å². The lowest BCUT2D eigenvalue weighted by molar-refractivity contribution is -0.148. The molecule has 1 amide bonds. The number of hydrogen-bond acceptors (Lipinski definition) is 4. The maximum Gasteiger partial charge on any atom is 0.310 e. The zero-order valence-electron chi connectivity index (χ0n) is 17.2. The molecular formula is C23H30FNO4. The molecule has 0 saturated heterocycles. The van der Waals surface area contributed by atoms with Crippen LogP contribution in [0.5, 0.6) is 5.75 Å². The molecule has 4 aliphatic carbocycles. The van der Waals surface area contributed by atoms with E-state index in [1.165, 1.54) is 57.8 Å². The highest BCUT2D eigenvalue weighted by molar-refractivity contribution is 5.81. The minimum Gasteiger partial charge on any atom is -0.494 e. The number of esters is 1. The minimum absolute atomic E-state index is 0.0846. The molecule has 4 bridgehead atoms. The summed E-state index contributed by atoms with van der Waals surface area (Å²) >= 11 is 0. The molecule has 5 nitrogen and oxygen atoms in total. The monoisotopic (exact) mass is 403 g/mol. The first-order chi connectivity index (χ1) is 13.9. The largest absolute Gasteiger partial charge is 0.494 e. The van der Waals surface area contributed by atoms with E-state index in [4.69, 9.17) is 9.47 Å². The average Bonchev–Trinajstić information content (AvgIpc) is 2.65. The Balaban J connectivity index is 1.25. The van der Waals surface area contributed by atoms with E-state index in [1.807, 2.05) is 0 Å². The summed E-state index contributed by atoms with van der Waals surface area (Å²) in [5.74, 6) is 1.25. The van der Waals surface area contributed by atoms with Gasteiger partial charge in [0.2, 0.25) is 0 Å². The van der Waals surface area contributed by atoms with E-state index in [0.717, 1.165) is 17.8 Å². The van der Waals surface area contributed by atoms with Crippen LogP contribution in [-0.4, -0.2) is 31.6 Å². The van der Waals surface area contributed by atoms with Crippen LogP contribution in [0.25, 0.3) is 0 Å². The van der Waals surface area contributed by atoms with Crippen LogP contribution in [0, 0.1) is 29.0 Å². The summed E-state index contributed by atoms with van der Waals surface area (Å²) in [5.41, 5.74) is 0.699. The second-order valence-electron chi connectivity index (χ2n) is 9.38. The quantitative estimate of drug-likeness (QED) is 0.706. The van der Waals surface area contributed by atoms with Crippen LogP contribution in [-0.2, 0) is 20.7 Å². The van der Waals surface area contributed by atoms with E-state index >= 15 is 0 Å². The second kappa shape index (κ2) is 7.96. The van der Waals surface area contributed by atoms with Gasteiger partial charge >= 0.3 is 5.97 Å². The zero-order valence-corrected chi connectivity index (χ0v) is 17.2. The van der Waals surface area contributed by atoms with E-state index in [1.54, 1.807) is 6.07 Å². The maximum absolute atomic E-state index is 13.7. The highest BCUT2D eigenvalue weighted by Crippen LogP contribution is 2.61. The van der Waals surface area contributed by atoms with E-state index in [0.29, 0.717) is 5.56 Å². The van der Waals surface area contributed by atoms with Gasteiger partial charge in [0.1, 0.15) is 0 Å². The Morgan fingerprint density at radius 2 is 1.79 bits per heavy atom. The Morgan fingerprint density at radius 1 is 1.17 bits per heavy atom. The standard InChI is InChI=1S/C23H30FNO4/c1-14(23-10-16-5-17(11-23)7-18(6-16)12-23)25-21(26)13-29-22(27)9-15-3-4-20(28-2)19(24)8-15/h3-4,8,14,16-18H,5-7,9-13H2,1-2H3,(H,25,26)/t14-,16?,17?,18?,23?/m0/s1. The smallest absolute Gasteiger partial charge is 0.310 e. The normalized spacial score (nSPS) is 30.7. The average molecular weight is 403 g/mol. The molecule has 1 aromatic rings. The summed E-state index contributed by atoms with van der Waals surface area (Å²) in [6, 6.07) is 4.42. The van der Waals surface area contributed by atoms with Crippen molar-refractivity contribution >= 4 is 11.9 Å². The number of benzene rings is 1. The van der Waals surface area contributed by atoms with Gasteiger partial charge in [-0.2, -0.15) is 0 Å². The lowest BCUT2D eigenvalue weighted by Gasteiger charge is -2.59. The number of carbonyl (C=O) groups is 2. The minimum atomic E-state index is -0.549. The summed E-state index contributed by atoms with van der Waals surface area (Å²) in [7, 11) is 1.38. The molecular weight excluding hydrogens is 373 g/mol. The van der Waals surface area contributed by atoms with Gasteiger partial charge in [-0.15, -0.1) is 0 Å². The molecule has 158 valence electrons. The second-order valence-corrected chi connectivity index (χ2v) is 9.38. The summed E-state index contributed by atoms with van der Waals surface area (Å²) in [6.45, 7) is 1.81. The van der Waals surface area contributed by atoms with E-state index in [-0.39, 0.29) is 36.1 Å². The van der Waals surface area contributed by atoms with Gasteiger partial charge in [-0.1, -0.05) is 6.07 Å². The molecule has 0 heterocycles. The van der Waals surface area contributed by atoms with Gasteiger partial charge in [-0.3, -0.25) is 9.59 Å². The number of ether oxygens (including phenoxy) is 2. The Bertz CT molecular complexity index is 758. The predicted molar refractivity (Wildman–Crippen MR) is 106 cm³/mol. The summed E-state index contributed by atoms with van der Waals surface area (Å²) in [5, 5.41) is 3.09. The van der Waals surface area contributed by atoms with Gasteiger partial charge < -0.3 is 14.8 Å². The molecule has 4 aliphatic rings. The molecule has 4 saturated carbocycles. The molecule has 0 radical (unpaired) electrons. The van der Waals surface area contributed by atoms with Gasteiger partial charge in [0.25, 0.3) is 5.91 Å². The fraction of sp³-hybridized carbons (Fsp3) is 0.652. The van der Waals surface area contributed by atoms with Crippen LogP contribution in [0.2, 0.25) is 0 Å². The van der Waals surface area contributed by atoms with Crippen LogP contribution < -0.4 is 10.1 Å². The first-order valence-electron chi connectivity index (χ1n) is 10.6. The molecule has 4 fully saturated rings. The van der Waals surface area contributed by atoms with Crippen molar-refractivity contribution in [2.45, 2.75) is 57.9 Å². The number of amides is 1. The Kier molecular flexibility index (Phi) is 5.54. The number of nitrogens with one attached hydrogen (secondary N) is 1. The van der Waals surface area contributed by atoms with Crippen molar-refractivity contribution in [2.75, 3.05) is 13.7 Å². The van der Waals surface area contributed by atoms with Gasteiger partial charge in [-0.05, 0) is 86.3 Å². The Labute approximate surface area is 171 Å². The molecule has 1 N–H and O–H groups in total. The van der Waals surface area contributed by atoms with Crippen molar-refractivity contribution in [2.24, 2.45) is 23.2 Å². The lowest BCUT2D eigenvalue weighted by atomic mass is 9.48. The number of halogens is 1. The molecule has 0 aliphatic heterocycles. The van der Waals surface area contributed by atoms with E-state index in [2.05, 4.69) is 12.2 Å². The molecule has 0 aromatic heterocycles. The van der Waals surface area contributed by atoms with Crippen LogP contribution >= 0.6 is 0 Å². The lowest BCUT2D eigenvalue weighted by Crippen LogP contribution is -2.56. The van der Waals surface area contributed by atoms with Crippen LogP contribution in [0.3, 0.4) is 0 Å². The van der Waals surface area contributed by atoms with Gasteiger partial charge in [-0.25, -0.2) is 4.39 Å². The molecule has 0 spiro atoms. The fourth-order valence-corrected chi connectivity index (χ4v) is 6.33. The number of methoxy groups -OCH3 is 1. The fourth-order valence-electron chi connectivity index (χ4n) is 6.33. The van der Waals surface area contributed by atoms with Crippen molar-refractivity contribution in [3.8, 4) is 5.75 Å². The third-order valence-electron chi connectivity index (χ3n) is 7.31. The molecule has 29 heavy (non-hydrogen) atoms. The number of carbonyl (C=O) groups excluding carboxylic acids is 2. The first kappa shape index (κ1) is 20.2. The SMILES string of the molecule is COc1ccc(CC(=O)OCC(=O)N[C@@H](C)C23CC4CC(CC(C4)C2)C3)cc1F. The summed E-state index contributed by atoms with van der Waals surface area (Å²) < 4.78 is 23.7. The predicted octanol–water partition coefficient (Wildman–Crippen LogP) is 3.64. The number of rotatable bonds is 7. The van der Waals surface area contributed by atoms with E-state index in [9.17, 15) is 14.0 Å². The van der Waals surface area contributed by atoms with Gasteiger partial charge in [0.15, 0.2) is 18.2 Å². The van der Waals surface area contributed by atoms with Crippen molar-refractivity contribution in [3.05, 3.63) is 29.6 Å². The Hall–Kier alpha value is -2.11. The van der Waals surface area contributed by atoms with Crippen LogP contribution in [0.4, 0.5) is 4.39 Å². The first-order valence-corrected chi connectivity index (χ1v) is 10.6. The summed E-state index contributed by atoms with van der Waals surface area (Å²) in [6.07, 6.45) is 7.64. The third-order valence-corrected chi connectivity index (χ3v) is 7.31. The molecule has 1 aromatic carbocycles. The van der Waals surface area contributed by atoms with Crippen molar-refractivity contribution in [3.63, 3.8) is 0 Å². The van der Waals surface area contributed by atoms with Crippen molar-refractivity contribution < 1.29 is 23.5 Å². The highest BCUT2D eigenvalue weighted by atomic mass is 19.1. The van der Waals surface area contributed by atoms with Crippen molar-refractivity contribution in [1.29, 1.82) is 0 Å². The molecule has 0 unspecified atom stereocenters. The van der Waals surface area contributed by atoms with E-state index < -0.39 is 11.8 Å². The third kappa shape index (κ3) is 4.26.